The summed E-state index contributed by atoms with van der Waals surface area (Å²) >= 11 is 1.34. The number of hydrogen-bond acceptors (Lipinski definition) is 14. The summed E-state index contributed by atoms with van der Waals surface area (Å²) in [5, 5.41) is 25.3. The van der Waals surface area contributed by atoms with Gasteiger partial charge in [0.05, 0.1) is 19.3 Å². The van der Waals surface area contributed by atoms with Gasteiger partial charge in [0, 0.05) is 60.1 Å². The van der Waals surface area contributed by atoms with Crippen LogP contribution in [-0.2, 0) is 64.1 Å². The van der Waals surface area contributed by atoms with Crippen LogP contribution in [0.3, 0.4) is 0 Å². The summed E-state index contributed by atoms with van der Waals surface area (Å²) in [7, 11) is 9.80. The van der Waals surface area contributed by atoms with Crippen molar-refractivity contribution < 1.29 is 62.6 Å². The zero-order valence-corrected chi connectivity index (χ0v) is 60.6. The van der Waals surface area contributed by atoms with Crippen LogP contribution in [0.25, 0.3) is 0 Å². The second-order valence-electron chi connectivity index (χ2n) is 27.5. The first kappa shape index (κ1) is 81.6. The van der Waals surface area contributed by atoms with E-state index in [1.165, 1.54) is 94.1 Å². The number of rotatable bonds is 18. The Hall–Kier alpha value is -6.47. The minimum Gasteiger partial charge on any atom is -0.390 e. The standard InChI is InChI=1S/C67H115N11O13S/c1-25-27-29-44(15)56(80)55-60(84)70-48(26-2)62(86)72(18)36-53(79)73(19)49(32-38(3)4)59(83)71-54(42(11)12)65(89)74(20)50(33-39(5)6)58(82)68-45(16)57(81)69-46(17)61(85)75(21)51(34-40(7)8)63(87)76(22)52(35-41(9)10)64(88)78(24)67(43(13)14,66(90)77(55)23)91-37-47-30-28-31-92-47/h25,27-28,30-31,38-46,48-52,54-56,80H,26,29,32-37H2,1-24H3,(H,68,82)(H,69,81)(H,70,84)(H,71,83)/b27-25+/t44-,45+,46-,48+,49+,50+,51+,52+,54+,55+,56-,67+/m1/s1. The first-order valence-electron chi connectivity index (χ1n) is 32.7. The van der Waals surface area contributed by atoms with Crippen molar-refractivity contribution in [2.75, 3.05) is 55.9 Å². The van der Waals surface area contributed by atoms with E-state index in [2.05, 4.69) is 21.3 Å². The lowest BCUT2D eigenvalue weighted by atomic mass is 9.89. The first-order chi connectivity index (χ1) is 42.7. The molecule has 1 aromatic heterocycles. The SMILES string of the molecule is C/C=C/C[C@@H](C)[C@@H](O)[C@H]1C(=O)N[C@@H](CC)C(=O)N(C)CC(=O)N(C)[C@@H](CC(C)C)C(=O)N[C@@H](C(C)C)C(=O)N(C)[C@@H](CC(C)C)C(=O)N[C@@H](C)C(=O)N[C@H](C)C(=O)N(C)[C@@H](CC(C)C)C(=O)N(C)[C@@H](CC(C)C)C(=O)N(C)[C@](OCc2cccs2)(C(C)C)C(=O)N1C. The topological polar surface area (TPSA) is 288 Å². The largest absolute Gasteiger partial charge is 0.390 e. The molecule has 2 rings (SSSR count). The summed E-state index contributed by atoms with van der Waals surface area (Å²) in [5.41, 5.74) is -2.26. The van der Waals surface area contributed by atoms with Crippen LogP contribution in [0.5, 0.6) is 0 Å². The summed E-state index contributed by atoms with van der Waals surface area (Å²) in [4.78, 5) is 172. The Balaban J connectivity index is 3.13. The predicted molar refractivity (Wildman–Crippen MR) is 356 cm³/mol. The summed E-state index contributed by atoms with van der Waals surface area (Å²) in [5.74, 6) is -10.8. The van der Waals surface area contributed by atoms with Crippen molar-refractivity contribution in [1.29, 1.82) is 0 Å². The summed E-state index contributed by atoms with van der Waals surface area (Å²) in [6, 6.07) is -7.95. The van der Waals surface area contributed by atoms with Gasteiger partial charge in [-0.1, -0.05) is 115 Å². The average Bonchev–Trinajstić information content (AvgIpc) is 0.813. The van der Waals surface area contributed by atoms with Crippen molar-refractivity contribution in [3.05, 3.63) is 34.5 Å². The molecule has 1 saturated heterocycles. The first-order valence-corrected chi connectivity index (χ1v) is 33.6. The third kappa shape index (κ3) is 21.5. The molecule has 0 unspecified atom stereocenters. The van der Waals surface area contributed by atoms with Crippen LogP contribution in [0.2, 0.25) is 0 Å². The zero-order valence-electron chi connectivity index (χ0n) is 59.7. The fraction of sp³-hybridized carbons (Fsp3) is 0.746. The normalized spacial score (nSPS) is 26.6. The van der Waals surface area contributed by atoms with E-state index < -0.39 is 155 Å². The monoisotopic (exact) mass is 1310 g/mol. The molecule has 1 aliphatic rings. The van der Waals surface area contributed by atoms with Crippen LogP contribution >= 0.6 is 11.3 Å². The maximum atomic E-state index is 16.1. The van der Waals surface area contributed by atoms with E-state index in [4.69, 9.17) is 4.74 Å². The smallest absolute Gasteiger partial charge is 0.276 e. The zero-order chi connectivity index (χ0) is 70.7. The van der Waals surface area contributed by atoms with Crippen molar-refractivity contribution >= 4 is 76.3 Å². The molecule has 0 bridgehead atoms. The van der Waals surface area contributed by atoms with Crippen LogP contribution < -0.4 is 21.3 Å². The predicted octanol–water partition coefficient (Wildman–Crippen LogP) is 4.88. The van der Waals surface area contributed by atoms with Gasteiger partial charge in [0.15, 0.2) is 0 Å². The van der Waals surface area contributed by atoms with Crippen LogP contribution in [0.15, 0.2) is 29.7 Å². The third-order valence-electron chi connectivity index (χ3n) is 17.3. The molecule has 2 heterocycles. The summed E-state index contributed by atoms with van der Waals surface area (Å²) in [6.45, 7) is 28.9. The number of amides is 11. The number of carbonyl (C=O) groups excluding carboxylic acids is 11. The Kier molecular flexibility index (Phi) is 32.7. The second kappa shape index (κ2) is 36.8. The Morgan fingerprint density at radius 3 is 1.54 bits per heavy atom. The number of hydrogen-bond donors (Lipinski definition) is 5. The molecule has 1 aliphatic heterocycles. The number of allylic oxidation sites excluding steroid dienone is 2. The van der Waals surface area contributed by atoms with Crippen molar-refractivity contribution in [2.45, 2.75) is 229 Å². The van der Waals surface area contributed by atoms with Gasteiger partial charge in [-0.2, -0.15) is 0 Å². The number of nitrogens with one attached hydrogen (secondary N) is 4. The molecule has 92 heavy (non-hydrogen) atoms. The van der Waals surface area contributed by atoms with Crippen LogP contribution in [-0.4, -0.2) is 226 Å². The van der Waals surface area contributed by atoms with E-state index in [-0.39, 0.29) is 68.8 Å². The number of ether oxygens (including phenoxy) is 1. The molecule has 24 nitrogen and oxygen atoms in total. The van der Waals surface area contributed by atoms with Gasteiger partial charge in [-0.25, -0.2) is 0 Å². The molecular weight excluding hydrogens is 1200 g/mol. The lowest BCUT2D eigenvalue weighted by Crippen LogP contribution is -2.70. The molecule has 0 aliphatic carbocycles. The highest BCUT2D eigenvalue weighted by atomic mass is 32.1. The Labute approximate surface area is 553 Å². The Morgan fingerprint density at radius 2 is 1.07 bits per heavy atom. The second-order valence-corrected chi connectivity index (χ2v) is 28.6. The van der Waals surface area contributed by atoms with E-state index >= 15 is 19.2 Å². The highest BCUT2D eigenvalue weighted by Crippen LogP contribution is 2.34. The molecule has 12 atom stereocenters. The average molecular weight is 1310 g/mol. The number of carbonyl (C=O) groups is 11. The molecule has 0 spiro atoms. The minimum absolute atomic E-state index is 0.0136. The van der Waals surface area contributed by atoms with E-state index in [0.717, 1.165) is 14.7 Å². The van der Waals surface area contributed by atoms with Crippen LogP contribution in [0.4, 0.5) is 0 Å². The Morgan fingerprint density at radius 1 is 0.587 bits per heavy atom. The fourth-order valence-electron chi connectivity index (χ4n) is 11.5. The van der Waals surface area contributed by atoms with Crippen molar-refractivity contribution in [1.82, 2.24) is 55.6 Å². The minimum atomic E-state index is -2.26. The molecule has 11 amide bonds. The maximum absolute atomic E-state index is 16.1. The quantitative estimate of drug-likeness (QED) is 0.123. The van der Waals surface area contributed by atoms with E-state index in [0.29, 0.717) is 4.88 Å². The van der Waals surface area contributed by atoms with Gasteiger partial charge in [-0.15, -0.1) is 11.3 Å². The lowest BCUT2D eigenvalue weighted by molar-refractivity contribution is -0.212. The number of aliphatic hydroxyl groups excluding tert-OH is 1. The molecule has 1 fully saturated rings. The highest BCUT2D eigenvalue weighted by Gasteiger charge is 2.55. The third-order valence-corrected chi connectivity index (χ3v) is 18.2. The van der Waals surface area contributed by atoms with Crippen LogP contribution in [0.1, 0.15) is 161 Å². The summed E-state index contributed by atoms with van der Waals surface area (Å²) in [6.07, 6.45) is 2.72. The lowest BCUT2D eigenvalue weighted by Gasteiger charge is -2.48. The molecule has 5 N–H and O–H groups in total. The molecule has 522 valence electrons. The van der Waals surface area contributed by atoms with Gasteiger partial charge in [-0.3, -0.25) is 52.7 Å². The van der Waals surface area contributed by atoms with Crippen LogP contribution in [0, 0.1) is 41.4 Å². The molecular formula is C67H115N11O13S. The van der Waals surface area contributed by atoms with Crippen molar-refractivity contribution in [2.24, 2.45) is 41.4 Å². The molecule has 1 aromatic rings. The van der Waals surface area contributed by atoms with Gasteiger partial charge in [-0.05, 0) is 106 Å². The van der Waals surface area contributed by atoms with E-state index in [1.807, 2.05) is 60.8 Å². The van der Waals surface area contributed by atoms with Gasteiger partial charge >= 0.3 is 0 Å². The van der Waals surface area contributed by atoms with E-state index in [9.17, 15) is 38.7 Å². The molecule has 0 aromatic carbocycles. The number of likely N-dealkylation sites (N-methyl/N-ethyl adjacent to an activating group) is 7. The van der Waals surface area contributed by atoms with Crippen molar-refractivity contribution in [3.8, 4) is 0 Å². The maximum Gasteiger partial charge on any atom is 0.276 e. The highest BCUT2D eigenvalue weighted by molar-refractivity contribution is 7.09. The van der Waals surface area contributed by atoms with Gasteiger partial charge in [0.25, 0.3) is 5.91 Å². The number of thiophene rings is 1. The molecule has 25 heteroatoms. The molecule has 0 radical (unpaired) electrons. The van der Waals surface area contributed by atoms with Crippen molar-refractivity contribution in [3.63, 3.8) is 0 Å². The fourth-order valence-corrected chi connectivity index (χ4v) is 12.1. The van der Waals surface area contributed by atoms with Gasteiger partial charge < -0.3 is 65.4 Å². The van der Waals surface area contributed by atoms with Gasteiger partial charge in [0.1, 0.15) is 54.4 Å². The van der Waals surface area contributed by atoms with E-state index in [1.54, 1.807) is 72.8 Å². The summed E-state index contributed by atoms with van der Waals surface area (Å²) < 4.78 is 6.79. The molecule has 0 saturated carbocycles. The number of aliphatic hydroxyl groups is 1. The Bertz CT molecular complexity index is 2690. The number of nitrogens with zero attached hydrogens (tertiary/aromatic N) is 7. The van der Waals surface area contributed by atoms with Gasteiger partial charge in [0.2, 0.25) is 64.8 Å².